The molecule has 3 nitrogen and oxygen atoms in total. The Morgan fingerprint density at radius 2 is 2.33 bits per heavy atom. The van der Waals surface area contributed by atoms with E-state index in [1.807, 2.05) is 6.92 Å². The van der Waals surface area contributed by atoms with Gasteiger partial charge >= 0.3 is 0 Å². The first kappa shape index (κ1) is 8.96. The fourth-order valence-electron chi connectivity index (χ4n) is 1.04. The van der Waals surface area contributed by atoms with Gasteiger partial charge in [0.2, 0.25) is 0 Å². The molecule has 1 heterocycles. The zero-order valence-corrected chi connectivity index (χ0v) is 6.80. The molecule has 5 heteroatoms. The largest absolute Gasteiger partial charge is 0.396 e. The molecule has 68 valence electrons. The van der Waals surface area contributed by atoms with Gasteiger partial charge in [-0.3, -0.25) is 4.68 Å². The van der Waals surface area contributed by atoms with Gasteiger partial charge in [0.25, 0.3) is 6.43 Å². The van der Waals surface area contributed by atoms with Crippen LogP contribution in [0.3, 0.4) is 0 Å². The first-order valence-electron chi connectivity index (χ1n) is 3.76. The van der Waals surface area contributed by atoms with Crippen LogP contribution in [0.25, 0.3) is 0 Å². The van der Waals surface area contributed by atoms with Gasteiger partial charge in [0, 0.05) is 6.54 Å². The lowest BCUT2D eigenvalue weighted by atomic mass is 10.3. The molecule has 12 heavy (non-hydrogen) atoms. The lowest BCUT2D eigenvalue weighted by Crippen LogP contribution is -2.05. The third-order valence-corrected chi connectivity index (χ3v) is 1.55. The quantitative estimate of drug-likeness (QED) is 0.761. The molecule has 0 aliphatic carbocycles. The maximum Gasteiger partial charge on any atom is 0.282 e. The number of nitrogens with zero attached hydrogens (tertiary/aromatic N) is 2. The number of nitrogens with two attached hydrogens (primary N) is 1. The van der Waals surface area contributed by atoms with Crippen LogP contribution >= 0.6 is 0 Å². The van der Waals surface area contributed by atoms with Crippen LogP contribution in [-0.4, -0.2) is 9.78 Å². The van der Waals surface area contributed by atoms with Crippen molar-refractivity contribution < 1.29 is 8.78 Å². The molecule has 0 saturated heterocycles. The average molecular weight is 175 g/mol. The van der Waals surface area contributed by atoms with Crippen LogP contribution in [0.2, 0.25) is 0 Å². The molecule has 0 radical (unpaired) electrons. The van der Waals surface area contributed by atoms with Gasteiger partial charge in [-0.2, -0.15) is 5.10 Å². The molecule has 1 rings (SSSR count). The molecule has 2 N–H and O–H groups in total. The summed E-state index contributed by atoms with van der Waals surface area (Å²) in [5, 5.41) is 3.74. The van der Waals surface area contributed by atoms with Crippen LogP contribution in [0, 0.1) is 0 Å². The first-order valence-corrected chi connectivity index (χ1v) is 3.76. The maximum absolute atomic E-state index is 12.3. The third-order valence-electron chi connectivity index (χ3n) is 1.55. The van der Waals surface area contributed by atoms with Crippen LogP contribution in [-0.2, 0) is 6.54 Å². The van der Waals surface area contributed by atoms with Gasteiger partial charge in [0.15, 0.2) is 0 Å². The highest BCUT2D eigenvalue weighted by molar-refractivity contribution is 5.41. The molecular formula is C7H11F2N3. The highest BCUT2D eigenvalue weighted by Crippen LogP contribution is 2.24. The van der Waals surface area contributed by atoms with Crippen molar-refractivity contribution >= 4 is 5.69 Å². The van der Waals surface area contributed by atoms with Crippen LogP contribution < -0.4 is 5.73 Å². The Balaban J connectivity index is 2.95. The number of hydrogen-bond acceptors (Lipinski definition) is 2. The van der Waals surface area contributed by atoms with Gasteiger partial charge in [-0.05, 0) is 6.42 Å². The van der Waals surface area contributed by atoms with E-state index in [0.29, 0.717) is 6.54 Å². The fraction of sp³-hybridized carbons (Fsp3) is 0.571. The van der Waals surface area contributed by atoms with E-state index in [1.54, 1.807) is 0 Å². The standard InChI is InChI=1S/C7H11F2N3/c1-2-3-12-6(7(8)9)5(10)4-11-12/h4,7H,2-3,10H2,1H3. The van der Waals surface area contributed by atoms with Crippen LogP contribution in [0.15, 0.2) is 6.20 Å². The summed E-state index contributed by atoms with van der Waals surface area (Å²) >= 11 is 0. The predicted octanol–water partition coefficient (Wildman–Crippen LogP) is 1.81. The molecule has 0 fully saturated rings. The zero-order valence-electron chi connectivity index (χ0n) is 6.80. The van der Waals surface area contributed by atoms with E-state index in [2.05, 4.69) is 5.10 Å². The van der Waals surface area contributed by atoms with Gasteiger partial charge in [0.05, 0.1) is 11.9 Å². The lowest BCUT2D eigenvalue weighted by molar-refractivity contribution is 0.139. The lowest BCUT2D eigenvalue weighted by Gasteiger charge is -2.04. The Hall–Kier alpha value is -1.13. The molecular weight excluding hydrogens is 164 g/mol. The fourth-order valence-corrected chi connectivity index (χ4v) is 1.04. The van der Waals surface area contributed by atoms with Gasteiger partial charge in [0.1, 0.15) is 5.69 Å². The summed E-state index contributed by atoms with van der Waals surface area (Å²) < 4.78 is 25.9. The van der Waals surface area contributed by atoms with Crippen LogP contribution in [0.5, 0.6) is 0 Å². The molecule has 1 aromatic rings. The number of aromatic nitrogens is 2. The van der Waals surface area contributed by atoms with Crippen molar-refractivity contribution in [3.8, 4) is 0 Å². The highest BCUT2D eigenvalue weighted by atomic mass is 19.3. The highest BCUT2D eigenvalue weighted by Gasteiger charge is 2.17. The molecule has 0 bridgehead atoms. The monoisotopic (exact) mass is 175 g/mol. The van der Waals surface area contributed by atoms with Crippen molar-refractivity contribution in [3.63, 3.8) is 0 Å². The molecule has 0 aliphatic rings. The Morgan fingerprint density at radius 3 is 2.83 bits per heavy atom. The number of alkyl halides is 2. The second kappa shape index (κ2) is 3.51. The molecule has 0 spiro atoms. The predicted molar refractivity (Wildman–Crippen MR) is 41.9 cm³/mol. The van der Waals surface area contributed by atoms with Gasteiger partial charge in [-0.25, -0.2) is 8.78 Å². The van der Waals surface area contributed by atoms with Gasteiger partial charge < -0.3 is 5.73 Å². The Labute approximate surface area is 69.2 Å². The zero-order chi connectivity index (χ0) is 9.14. The van der Waals surface area contributed by atoms with E-state index in [0.717, 1.165) is 6.42 Å². The van der Waals surface area contributed by atoms with Crippen LogP contribution in [0.1, 0.15) is 25.5 Å². The molecule has 0 amide bonds. The third kappa shape index (κ3) is 1.54. The van der Waals surface area contributed by atoms with Gasteiger partial charge in [-0.15, -0.1) is 0 Å². The first-order chi connectivity index (χ1) is 5.66. The SMILES string of the molecule is CCCn1ncc(N)c1C(F)F. The maximum atomic E-state index is 12.3. The van der Waals surface area contributed by atoms with Crippen molar-refractivity contribution in [2.24, 2.45) is 0 Å². The van der Waals surface area contributed by atoms with Crippen molar-refractivity contribution in [3.05, 3.63) is 11.9 Å². The van der Waals surface area contributed by atoms with Crippen molar-refractivity contribution in [2.45, 2.75) is 26.3 Å². The Morgan fingerprint density at radius 1 is 1.67 bits per heavy atom. The minimum Gasteiger partial charge on any atom is -0.396 e. The normalized spacial score (nSPS) is 11.0. The molecule has 0 aliphatic heterocycles. The number of anilines is 1. The van der Waals surface area contributed by atoms with E-state index in [9.17, 15) is 8.78 Å². The topological polar surface area (TPSA) is 43.8 Å². The number of rotatable bonds is 3. The Kier molecular flexibility index (Phi) is 2.62. The van der Waals surface area contributed by atoms with Crippen molar-refractivity contribution in [1.29, 1.82) is 0 Å². The van der Waals surface area contributed by atoms with E-state index in [-0.39, 0.29) is 11.4 Å². The summed E-state index contributed by atoms with van der Waals surface area (Å²) in [7, 11) is 0. The molecule has 0 saturated carbocycles. The number of nitrogen functional groups attached to an aromatic ring is 1. The summed E-state index contributed by atoms with van der Waals surface area (Å²) in [4.78, 5) is 0. The minimum atomic E-state index is -2.54. The molecule has 0 atom stereocenters. The average Bonchev–Trinajstić information content (AvgIpc) is 2.32. The summed E-state index contributed by atoms with van der Waals surface area (Å²) in [6.45, 7) is 2.38. The second-order valence-corrected chi connectivity index (χ2v) is 2.51. The van der Waals surface area contributed by atoms with E-state index < -0.39 is 6.43 Å². The number of halogens is 2. The van der Waals surface area contributed by atoms with E-state index in [4.69, 9.17) is 5.73 Å². The Bertz CT molecular complexity index is 257. The molecule has 0 aromatic carbocycles. The van der Waals surface area contributed by atoms with Crippen LogP contribution in [0.4, 0.5) is 14.5 Å². The van der Waals surface area contributed by atoms with E-state index in [1.165, 1.54) is 10.9 Å². The van der Waals surface area contributed by atoms with Crippen molar-refractivity contribution in [2.75, 3.05) is 5.73 Å². The molecule has 0 unspecified atom stereocenters. The number of aryl methyl sites for hydroxylation is 1. The summed E-state index contributed by atoms with van der Waals surface area (Å²) in [5.74, 6) is 0. The summed E-state index contributed by atoms with van der Waals surface area (Å²) in [6, 6.07) is 0. The van der Waals surface area contributed by atoms with Crippen molar-refractivity contribution in [1.82, 2.24) is 9.78 Å². The van der Waals surface area contributed by atoms with Gasteiger partial charge in [-0.1, -0.05) is 6.92 Å². The summed E-state index contributed by atoms with van der Waals surface area (Å²) in [5.41, 5.74) is 5.21. The second-order valence-electron chi connectivity index (χ2n) is 2.51. The minimum absolute atomic E-state index is 0.0680. The smallest absolute Gasteiger partial charge is 0.282 e. The summed E-state index contributed by atoms with van der Waals surface area (Å²) in [6.07, 6.45) is -0.517. The van der Waals surface area contributed by atoms with E-state index >= 15 is 0 Å². The number of hydrogen-bond donors (Lipinski definition) is 1. The molecule has 1 aromatic heterocycles.